The standard InChI is InChI=1S/C12H6ClFN2O/c13-10-5-4-9-12(16-10)17-11(15-9)7-2-1-3-8(14)6-7/h1-6H. The van der Waals surface area contributed by atoms with E-state index >= 15 is 0 Å². The molecule has 0 N–H and O–H groups in total. The van der Waals surface area contributed by atoms with Gasteiger partial charge in [-0.25, -0.2) is 9.37 Å². The third-order valence-electron chi connectivity index (χ3n) is 2.29. The van der Waals surface area contributed by atoms with Gasteiger partial charge in [0.15, 0.2) is 0 Å². The smallest absolute Gasteiger partial charge is 0.248 e. The Balaban J connectivity index is 2.18. The van der Waals surface area contributed by atoms with Crippen LogP contribution < -0.4 is 0 Å². The summed E-state index contributed by atoms with van der Waals surface area (Å²) in [5.41, 5.74) is 1.50. The van der Waals surface area contributed by atoms with Gasteiger partial charge in [-0.15, -0.1) is 0 Å². The van der Waals surface area contributed by atoms with E-state index in [1.165, 1.54) is 12.1 Å². The number of aromatic nitrogens is 2. The summed E-state index contributed by atoms with van der Waals surface area (Å²) in [6.07, 6.45) is 0. The molecule has 0 spiro atoms. The molecule has 0 aliphatic carbocycles. The van der Waals surface area contributed by atoms with E-state index in [0.29, 0.717) is 27.8 Å². The van der Waals surface area contributed by atoms with Crippen LogP contribution >= 0.6 is 11.6 Å². The summed E-state index contributed by atoms with van der Waals surface area (Å²) >= 11 is 5.74. The molecule has 0 amide bonds. The van der Waals surface area contributed by atoms with Gasteiger partial charge in [-0.05, 0) is 30.3 Å². The number of pyridine rings is 1. The second kappa shape index (κ2) is 3.82. The van der Waals surface area contributed by atoms with Crippen LogP contribution in [0.5, 0.6) is 0 Å². The Morgan fingerprint density at radius 2 is 2.00 bits per heavy atom. The van der Waals surface area contributed by atoms with Gasteiger partial charge in [0.05, 0.1) is 0 Å². The van der Waals surface area contributed by atoms with Gasteiger partial charge in [-0.2, -0.15) is 4.98 Å². The number of hydrogen-bond donors (Lipinski definition) is 0. The molecule has 0 saturated heterocycles. The predicted octanol–water partition coefficient (Wildman–Crippen LogP) is 3.68. The third kappa shape index (κ3) is 1.87. The van der Waals surface area contributed by atoms with E-state index in [9.17, 15) is 4.39 Å². The topological polar surface area (TPSA) is 38.9 Å². The quantitative estimate of drug-likeness (QED) is 0.617. The fourth-order valence-corrected chi connectivity index (χ4v) is 1.68. The van der Waals surface area contributed by atoms with Crippen LogP contribution in [-0.4, -0.2) is 9.97 Å². The Morgan fingerprint density at radius 1 is 1.12 bits per heavy atom. The minimum absolute atomic E-state index is 0.328. The molecule has 17 heavy (non-hydrogen) atoms. The molecular weight excluding hydrogens is 243 g/mol. The average molecular weight is 249 g/mol. The Bertz CT molecular complexity index is 696. The maximum Gasteiger partial charge on any atom is 0.248 e. The molecule has 2 aromatic heterocycles. The van der Waals surface area contributed by atoms with Crippen LogP contribution in [0.25, 0.3) is 22.7 Å². The summed E-state index contributed by atoms with van der Waals surface area (Å²) in [4.78, 5) is 8.20. The summed E-state index contributed by atoms with van der Waals surface area (Å²) < 4.78 is 18.5. The molecule has 0 unspecified atom stereocenters. The molecular formula is C12H6ClFN2O. The summed E-state index contributed by atoms with van der Waals surface area (Å²) in [5.74, 6) is -0.00925. The third-order valence-corrected chi connectivity index (χ3v) is 2.50. The monoisotopic (exact) mass is 248 g/mol. The molecule has 2 heterocycles. The number of halogens is 2. The zero-order valence-electron chi connectivity index (χ0n) is 8.52. The van der Waals surface area contributed by atoms with Crippen molar-refractivity contribution in [2.75, 3.05) is 0 Å². The Kier molecular flexibility index (Phi) is 2.30. The summed E-state index contributed by atoms with van der Waals surface area (Å²) in [6.45, 7) is 0. The summed E-state index contributed by atoms with van der Waals surface area (Å²) in [5, 5.41) is 0.333. The van der Waals surface area contributed by atoms with E-state index in [1.807, 2.05) is 0 Å². The zero-order chi connectivity index (χ0) is 11.8. The molecule has 3 rings (SSSR count). The normalized spacial score (nSPS) is 10.9. The van der Waals surface area contributed by atoms with Gasteiger partial charge in [-0.3, -0.25) is 0 Å². The molecule has 1 aromatic carbocycles. The second-order valence-electron chi connectivity index (χ2n) is 3.49. The van der Waals surface area contributed by atoms with Crippen molar-refractivity contribution in [3.05, 3.63) is 47.4 Å². The lowest BCUT2D eigenvalue weighted by Crippen LogP contribution is -1.78. The molecule has 0 aliphatic rings. The number of oxazole rings is 1. The zero-order valence-corrected chi connectivity index (χ0v) is 9.28. The molecule has 0 atom stereocenters. The van der Waals surface area contributed by atoms with Crippen LogP contribution in [0.3, 0.4) is 0 Å². The maximum atomic E-state index is 13.1. The minimum atomic E-state index is -0.337. The first kappa shape index (κ1) is 10.2. The minimum Gasteiger partial charge on any atom is -0.418 e. The van der Waals surface area contributed by atoms with Crippen molar-refractivity contribution in [3.8, 4) is 11.5 Å². The first-order chi connectivity index (χ1) is 8.22. The lowest BCUT2D eigenvalue weighted by molar-refractivity contribution is 0.602. The van der Waals surface area contributed by atoms with Crippen LogP contribution in [0.2, 0.25) is 5.15 Å². The van der Waals surface area contributed by atoms with Crippen molar-refractivity contribution >= 4 is 22.8 Å². The van der Waals surface area contributed by atoms with Crippen molar-refractivity contribution in [1.29, 1.82) is 0 Å². The first-order valence-electron chi connectivity index (χ1n) is 4.91. The van der Waals surface area contributed by atoms with Crippen LogP contribution in [0.1, 0.15) is 0 Å². The van der Waals surface area contributed by atoms with Crippen molar-refractivity contribution in [2.45, 2.75) is 0 Å². The van der Waals surface area contributed by atoms with E-state index in [1.54, 1.807) is 24.3 Å². The summed E-state index contributed by atoms with van der Waals surface area (Å²) in [6, 6.07) is 9.36. The molecule has 0 bridgehead atoms. The molecule has 3 nitrogen and oxygen atoms in total. The number of rotatable bonds is 1. The Hall–Kier alpha value is -1.94. The lowest BCUT2D eigenvalue weighted by atomic mass is 10.2. The fraction of sp³-hybridized carbons (Fsp3) is 0. The summed E-state index contributed by atoms with van der Waals surface area (Å²) in [7, 11) is 0. The largest absolute Gasteiger partial charge is 0.418 e. The van der Waals surface area contributed by atoms with Crippen molar-refractivity contribution in [3.63, 3.8) is 0 Å². The van der Waals surface area contributed by atoms with Gasteiger partial charge < -0.3 is 4.42 Å². The van der Waals surface area contributed by atoms with Gasteiger partial charge in [0.2, 0.25) is 11.6 Å². The predicted molar refractivity (Wildman–Crippen MR) is 62.2 cm³/mol. The van der Waals surface area contributed by atoms with Gasteiger partial charge in [0, 0.05) is 5.56 Å². The number of fused-ring (bicyclic) bond motifs is 1. The highest BCUT2D eigenvalue weighted by Crippen LogP contribution is 2.24. The van der Waals surface area contributed by atoms with Crippen molar-refractivity contribution in [2.24, 2.45) is 0 Å². The van der Waals surface area contributed by atoms with Crippen molar-refractivity contribution < 1.29 is 8.81 Å². The molecule has 0 saturated carbocycles. The van der Waals surface area contributed by atoms with Crippen LogP contribution in [0, 0.1) is 5.82 Å². The Labute approximate surface area is 101 Å². The molecule has 5 heteroatoms. The van der Waals surface area contributed by atoms with Gasteiger partial charge in [0.25, 0.3) is 0 Å². The number of nitrogens with zero attached hydrogens (tertiary/aromatic N) is 2. The number of benzene rings is 1. The van der Waals surface area contributed by atoms with E-state index in [4.69, 9.17) is 16.0 Å². The highest BCUT2D eigenvalue weighted by atomic mass is 35.5. The average Bonchev–Trinajstić information content (AvgIpc) is 2.72. The SMILES string of the molecule is Fc1cccc(-c2nc3ccc(Cl)nc3o2)c1. The molecule has 84 valence electrons. The lowest BCUT2D eigenvalue weighted by Gasteiger charge is -1.93. The maximum absolute atomic E-state index is 13.1. The van der Waals surface area contributed by atoms with Crippen LogP contribution in [0.15, 0.2) is 40.8 Å². The van der Waals surface area contributed by atoms with E-state index in [-0.39, 0.29) is 5.82 Å². The highest BCUT2D eigenvalue weighted by Gasteiger charge is 2.09. The van der Waals surface area contributed by atoms with Gasteiger partial charge >= 0.3 is 0 Å². The Morgan fingerprint density at radius 3 is 2.82 bits per heavy atom. The van der Waals surface area contributed by atoms with E-state index in [2.05, 4.69) is 9.97 Å². The molecule has 3 aromatic rings. The molecule has 0 aliphatic heterocycles. The van der Waals surface area contributed by atoms with Gasteiger partial charge in [-0.1, -0.05) is 17.7 Å². The first-order valence-corrected chi connectivity index (χ1v) is 5.29. The van der Waals surface area contributed by atoms with E-state index < -0.39 is 0 Å². The number of hydrogen-bond acceptors (Lipinski definition) is 3. The van der Waals surface area contributed by atoms with Crippen LogP contribution in [0.4, 0.5) is 4.39 Å². The van der Waals surface area contributed by atoms with Crippen molar-refractivity contribution in [1.82, 2.24) is 9.97 Å². The second-order valence-corrected chi connectivity index (χ2v) is 3.87. The molecule has 0 fully saturated rings. The highest BCUT2D eigenvalue weighted by molar-refractivity contribution is 6.29. The van der Waals surface area contributed by atoms with E-state index in [0.717, 1.165) is 0 Å². The van der Waals surface area contributed by atoms with Crippen LogP contribution in [-0.2, 0) is 0 Å². The molecule has 0 radical (unpaired) electrons. The van der Waals surface area contributed by atoms with Gasteiger partial charge in [0.1, 0.15) is 16.5 Å². The fourth-order valence-electron chi connectivity index (χ4n) is 1.54.